The third-order valence-corrected chi connectivity index (χ3v) is 3.16. The number of ether oxygens (including phenoxy) is 2. The number of nitrogens with one attached hydrogen (secondary N) is 1. The maximum atomic E-state index is 12.4. The van der Waals surface area contributed by atoms with Gasteiger partial charge in [-0.25, -0.2) is 4.79 Å². The highest BCUT2D eigenvalue weighted by Gasteiger charge is 2.30. The van der Waals surface area contributed by atoms with Crippen molar-refractivity contribution in [2.45, 2.75) is 71.6 Å². The molecule has 0 aliphatic carbocycles. The minimum absolute atomic E-state index is 0.0495. The highest BCUT2D eigenvalue weighted by Crippen LogP contribution is 2.14. The van der Waals surface area contributed by atoms with Crippen molar-refractivity contribution in [3.05, 3.63) is 29.8 Å². The predicted octanol–water partition coefficient (Wildman–Crippen LogP) is 2.37. The van der Waals surface area contributed by atoms with Gasteiger partial charge in [0.2, 0.25) is 5.91 Å². The minimum atomic E-state index is -1.12. The van der Waals surface area contributed by atoms with Crippen LogP contribution in [0.4, 0.5) is 5.69 Å². The number of benzene rings is 1. The van der Waals surface area contributed by atoms with E-state index in [9.17, 15) is 14.4 Å². The maximum absolute atomic E-state index is 12.4. The van der Waals surface area contributed by atoms with Crippen LogP contribution < -0.4 is 11.1 Å². The third kappa shape index (κ3) is 9.63. The lowest BCUT2D eigenvalue weighted by molar-refractivity contribution is -0.165. The second kappa shape index (κ2) is 8.88. The Morgan fingerprint density at radius 3 is 1.96 bits per heavy atom. The molecule has 0 unspecified atom stereocenters. The van der Waals surface area contributed by atoms with Gasteiger partial charge in [-0.2, -0.15) is 0 Å². The largest absolute Gasteiger partial charge is 0.460 e. The van der Waals surface area contributed by atoms with Crippen LogP contribution in [0.1, 0.15) is 53.5 Å². The van der Waals surface area contributed by atoms with Gasteiger partial charge in [-0.05, 0) is 59.2 Å². The van der Waals surface area contributed by atoms with Crippen molar-refractivity contribution in [2.24, 2.45) is 0 Å². The van der Waals surface area contributed by atoms with Crippen LogP contribution in [0.15, 0.2) is 24.3 Å². The topological polar surface area (TPSA) is 108 Å². The molecule has 3 N–H and O–H groups in total. The first-order chi connectivity index (χ1) is 12.2. The zero-order valence-corrected chi connectivity index (χ0v) is 16.9. The maximum Gasteiger partial charge on any atom is 0.329 e. The normalized spacial score (nSPS) is 12.8. The number of carbonyl (C=O) groups is 3. The molecule has 1 amide bonds. The van der Waals surface area contributed by atoms with Crippen LogP contribution in [-0.2, 0) is 30.3 Å². The lowest BCUT2D eigenvalue weighted by Crippen LogP contribution is -2.46. The molecule has 0 spiro atoms. The molecule has 0 aliphatic rings. The van der Waals surface area contributed by atoms with Crippen molar-refractivity contribution in [2.75, 3.05) is 5.73 Å². The fourth-order valence-electron chi connectivity index (χ4n) is 2.18. The highest BCUT2D eigenvalue weighted by molar-refractivity contribution is 5.89. The molecule has 0 heterocycles. The summed E-state index contributed by atoms with van der Waals surface area (Å²) in [5.41, 5.74) is 5.52. The predicted molar refractivity (Wildman–Crippen MR) is 103 cm³/mol. The van der Waals surface area contributed by atoms with E-state index in [-0.39, 0.29) is 12.8 Å². The molecular formula is C20H30N2O5. The Hall–Kier alpha value is -2.57. The van der Waals surface area contributed by atoms with Gasteiger partial charge in [0.25, 0.3) is 0 Å². The summed E-state index contributed by atoms with van der Waals surface area (Å²) in [6.07, 6.45) is -0.256. The molecule has 0 aromatic heterocycles. The number of nitrogen functional groups attached to an aromatic ring is 1. The Morgan fingerprint density at radius 2 is 1.48 bits per heavy atom. The molecule has 1 aromatic rings. The van der Waals surface area contributed by atoms with Crippen molar-refractivity contribution in [3.63, 3.8) is 0 Å². The van der Waals surface area contributed by atoms with Crippen molar-refractivity contribution in [3.8, 4) is 0 Å². The molecule has 0 saturated carbocycles. The number of carbonyl (C=O) groups excluding carboxylic acids is 3. The van der Waals surface area contributed by atoms with E-state index in [4.69, 9.17) is 15.2 Å². The van der Waals surface area contributed by atoms with E-state index in [2.05, 4.69) is 5.32 Å². The molecule has 0 aliphatic heterocycles. The third-order valence-electron chi connectivity index (χ3n) is 3.16. The zero-order chi connectivity index (χ0) is 20.8. The minimum Gasteiger partial charge on any atom is -0.460 e. The molecule has 150 valence electrons. The molecule has 0 radical (unpaired) electrons. The first kappa shape index (κ1) is 22.5. The molecular weight excluding hydrogens is 348 g/mol. The summed E-state index contributed by atoms with van der Waals surface area (Å²) in [6.45, 7) is 10.3. The Balaban J connectivity index is 2.82. The van der Waals surface area contributed by atoms with E-state index >= 15 is 0 Å². The molecule has 1 aromatic carbocycles. The number of amides is 1. The number of nitrogens with two attached hydrogens (primary N) is 1. The van der Waals surface area contributed by atoms with Gasteiger partial charge in [-0.15, -0.1) is 0 Å². The molecule has 7 nitrogen and oxygen atoms in total. The number of anilines is 1. The summed E-state index contributed by atoms with van der Waals surface area (Å²) in [6, 6.07) is 5.71. The van der Waals surface area contributed by atoms with Crippen LogP contribution in [0.3, 0.4) is 0 Å². The van der Waals surface area contributed by atoms with Gasteiger partial charge >= 0.3 is 11.9 Å². The SMILES string of the molecule is CC(C)(C)OC(=O)C[C@H](NC(=O)Cc1ccc(N)cc1)C(=O)OC(C)(C)C. The second-order valence-electron chi connectivity index (χ2n) is 8.36. The van der Waals surface area contributed by atoms with Crippen molar-refractivity contribution >= 4 is 23.5 Å². The first-order valence-electron chi connectivity index (χ1n) is 8.84. The molecule has 1 rings (SSSR count). The fourth-order valence-corrected chi connectivity index (χ4v) is 2.18. The summed E-state index contributed by atoms with van der Waals surface area (Å²) >= 11 is 0. The summed E-state index contributed by atoms with van der Waals surface area (Å²) in [7, 11) is 0. The van der Waals surface area contributed by atoms with E-state index in [1.54, 1.807) is 65.8 Å². The standard InChI is InChI=1S/C20H30N2O5/c1-19(2,3)26-17(24)12-15(18(25)27-20(4,5)6)22-16(23)11-13-7-9-14(21)10-8-13/h7-10,15H,11-12,21H2,1-6H3,(H,22,23)/t15-/m0/s1. The van der Waals surface area contributed by atoms with Crippen LogP contribution in [0.2, 0.25) is 0 Å². The molecule has 1 atom stereocenters. The van der Waals surface area contributed by atoms with E-state index in [1.165, 1.54) is 0 Å². The van der Waals surface area contributed by atoms with E-state index < -0.39 is 35.1 Å². The van der Waals surface area contributed by atoms with Gasteiger partial charge in [0.05, 0.1) is 12.8 Å². The summed E-state index contributed by atoms with van der Waals surface area (Å²) in [4.78, 5) is 36.9. The van der Waals surface area contributed by atoms with Crippen LogP contribution in [0.25, 0.3) is 0 Å². The number of rotatable bonds is 6. The molecule has 27 heavy (non-hydrogen) atoms. The van der Waals surface area contributed by atoms with Crippen molar-refractivity contribution < 1.29 is 23.9 Å². The van der Waals surface area contributed by atoms with Gasteiger partial charge < -0.3 is 20.5 Å². The number of esters is 2. The summed E-state index contributed by atoms with van der Waals surface area (Å²) < 4.78 is 10.6. The monoisotopic (exact) mass is 378 g/mol. The van der Waals surface area contributed by atoms with Gasteiger partial charge in [-0.3, -0.25) is 9.59 Å². The van der Waals surface area contributed by atoms with Crippen molar-refractivity contribution in [1.82, 2.24) is 5.32 Å². The lowest BCUT2D eigenvalue weighted by Gasteiger charge is -2.25. The second-order valence-corrected chi connectivity index (χ2v) is 8.36. The smallest absolute Gasteiger partial charge is 0.329 e. The van der Waals surface area contributed by atoms with E-state index in [1.807, 2.05) is 0 Å². The summed E-state index contributed by atoms with van der Waals surface area (Å²) in [5.74, 6) is -1.68. The molecule has 0 bridgehead atoms. The van der Waals surface area contributed by atoms with Crippen LogP contribution in [-0.4, -0.2) is 35.1 Å². The molecule has 7 heteroatoms. The molecule has 0 fully saturated rings. The van der Waals surface area contributed by atoms with Gasteiger partial charge in [0.15, 0.2) is 0 Å². The highest BCUT2D eigenvalue weighted by atomic mass is 16.6. The Labute approximate surface area is 160 Å². The number of hydrogen-bond donors (Lipinski definition) is 2. The Bertz CT molecular complexity index is 669. The zero-order valence-electron chi connectivity index (χ0n) is 16.9. The quantitative estimate of drug-likeness (QED) is 0.581. The van der Waals surface area contributed by atoms with Crippen molar-refractivity contribution in [1.29, 1.82) is 0 Å². The van der Waals surface area contributed by atoms with Gasteiger partial charge in [0, 0.05) is 5.69 Å². The fraction of sp³-hybridized carbons (Fsp3) is 0.550. The Kier molecular flexibility index (Phi) is 7.39. The van der Waals surface area contributed by atoms with Crippen LogP contribution in [0, 0.1) is 0 Å². The van der Waals surface area contributed by atoms with E-state index in [0.29, 0.717) is 5.69 Å². The van der Waals surface area contributed by atoms with Gasteiger partial charge in [-0.1, -0.05) is 12.1 Å². The number of hydrogen-bond acceptors (Lipinski definition) is 6. The summed E-state index contributed by atoms with van der Waals surface area (Å²) in [5, 5.41) is 2.57. The molecule has 0 saturated heterocycles. The van der Waals surface area contributed by atoms with Crippen LogP contribution in [0.5, 0.6) is 0 Å². The lowest BCUT2D eigenvalue weighted by atomic mass is 10.1. The average Bonchev–Trinajstić information content (AvgIpc) is 2.45. The Morgan fingerprint density at radius 1 is 0.963 bits per heavy atom. The van der Waals surface area contributed by atoms with Gasteiger partial charge in [0.1, 0.15) is 17.2 Å². The van der Waals surface area contributed by atoms with Crippen LogP contribution >= 0.6 is 0 Å². The van der Waals surface area contributed by atoms with E-state index in [0.717, 1.165) is 5.56 Å². The first-order valence-corrected chi connectivity index (χ1v) is 8.84. The average molecular weight is 378 g/mol.